The number of benzene rings is 2. The van der Waals surface area contributed by atoms with E-state index >= 15 is 0 Å². The van der Waals surface area contributed by atoms with Crippen molar-refractivity contribution in [1.29, 1.82) is 0 Å². The van der Waals surface area contributed by atoms with E-state index in [-0.39, 0.29) is 0 Å². The molecule has 3 heteroatoms. The molecule has 2 nitrogen and oxygen atoms in total. The Morgan fingerprint density at radius 2 is 1.75 bits per heavy atom. The summed E-state index contributed by atoms with van der Waals surface area (Å²) in [6, 6.07) is 20.1. The molecule has 0 aliphatic rings. The van der Waals surface area contributed by atoms with Crippen LogP contribution in [0.1, 0.15) is 48.7 Å². The van der Waals surface area contributed by atoms with Crippen molar-refractivity contribution in [2.45, 2.75) is 34.2 Å². The molecule has 1 aromatic heterocycles. The maximum atomic E-state index is 6.21. The third-order valence-corrected chi connectivity index (χ3v) is 4.33. The third kappa shape index (κ3) is 10.1. The number of hydrogen-bond donors (Lipinski definition) is 0. The lowest BCUT2D eigenvalue weighted by atomic mass is 10.0. The van der Waals surface area contributed by atoms with E-state index < -0.39 is 0 Å². The first kappa shape index (κ1) is 26.6. The van der Waals surface area contributed by atoms with Crippen LogP contribution in [0, 0.1) is 19.8 Å². The fourth-order valence-electron chi connectivity index (χ4n) is 2.75. The monoisotopic (exact) mass is 442 g/mol. The zero-order valence-electron chi connectivity index (χ0n) is 19.3. The van der Waals surface area contributed by atoms with Crippen LogP contribution in [-0.2, 0) is 6.54 Å². The second kappa shape index (κ2) is 14.6. The summed E-state index contributed by atoms with van der Waals surface area (Å²) in [4.78, 5) is 9.02. The van der Waals surface area contributed by atoms with Crippen molar-refractivity contribution in [3.8, 4) is 12.8 Å². The lowest BCUT2D eigenvalue weighted by molar-refractivity contribution is 1.07. The highest BCUT2D eigenvalue weighted by molar-refractivity contribution is 6.30. The Bertz CT molecular complexity index is 1070. The van der Waals surface area contributed by atoms with Crippen molar-refractivity contribution in [2.75, 3.05) is 0 Å². The maximum absolute atomic E-state index is 6.21. The van der Waals surface area contributed by atoms with Gasteiger partial charge >= 0.3 is 0 Å². The van der Waals surface area contributed by atoms with Gasteiger partial charge in [-0.05, 0) is 80.3 Å². The number of allylic oxidation sites excluding steroid dienone is 2. The van der Waals surface area contributed by atoms with E-state index in [1.54, 1.807) is 6.20 Å². The molecule has 0 aliphatic heterocycles. The second-order valence-electron chi connectivity index (χ2n) is 7.48. The first-order valence-corrected chi connectivity index (χ1v) is 10.6. The van der Waals surface area contributed by atoms with E-state index in [1.807, 2.05) is 62.5 Å². The van der Waals surface area contributed by atoms with Gasteiger partial charge in [-0.25, -0.2) is 0 Å². The molecule has 0 unspecified atom stereocenters. The number of halogens is 1. The molecule has 0 bridgehead atoms. The van der Waals surface area contributed by atoms with Crippen molar-refractivity contribution in [3.05, 3.63) is 112 Å². The number of aryl methyl sites for hydroxylation is 1. The fraction of sp³-hybridized carbons (Fsp3) is 0.172. The molecule has 3 rings (SSSR count). The molecule has 1 heterocycles. The van der Waals surface area contributed by atoms with Crippen LogP contribution in [0.3, 0.4) is 0 Å². The lowest BCUT2D eigenvalue weighted by Gasteiger charge is -2.07. The SMILES string of the molecule is C#C.C/C(=C\c1cc(Cl)ccc1CN=Cc1cccc(C)c1)c1ccccn1.C=C(C)C. The van der Waals surface area contributed by atoms with Crippen molar-refractivity contribution < 1.29 is 0 Å². The van der Waals surface area contributed by atoms with E-state index in [1.165, 1.54) is 11.1 Å². The molecule has 0 aliphatic carbocycles. The Labute approximate surface area is 198 Å². The van der Waals surface area contributed by atoms with Gasteiger partial charge in [-0.15, -0.1) is 19.4 Å². The van der Waals surface area contributed by atoms with Gasteiger partial charge in [0, 0.05) is 17.4 Å². The number of aromatic nitrogens is 1. The largest absolute Gasteiger partial charge is 0.288 e. The van der Waals surface area contributed by atoms with Crippen LogP contribution in [0.15, 0.2) is 84.0 Å². The van der Waals surface area contributed by atoms with Crippen LogP contribution in [0.4, 0.5) is 0 Å². The summed E-state index contributed by atoms with van der Waals surface area (Å²) in [5.74, 6) is 0. The van der Waals surface area contributed by atoms with Gasteiger partial charge in [-0.2, -0.15) is 0 Å². The maximum Gasteiger partial charge on any atom is 0.0658 e. The Hall–Kier alpha value is -3.41. The number of terminal acetylenes is 1. The van der Waals surface area contributed by atoms with Gasteiger partial charge in [-0.1, -0.05) is 59.1 Å². The number of aliphatic imine (C=N–C) groups is 1. The average Bonchev–Trinajstić information content (AvgIpc) is 2.77. The minimum atomic E-state index is 0.604. The van der Waals surface area contributed by atoms with Crippen LogP contribution in [0.2, 0.25) is 5.02 Å². The molecule has 0 atom stereocenters. The summed E-state index contributed by atoms with van der Waals surface area (Å²) in [7, 11) is 0. The molecule has 32 heavy (non-hydrogen) atoms. The molecule has 164 valence electrons. The standard InChI is InChI=1S/C23H21ClN2.C4H8.C2H2/c1-17-6-5-7-19(12-17)15-25-16-20-9-10-22(24)14-21(20)13-18(2)23-8-3-4-11-26-23;1-4(2)3;1-2/h3-15H,16H2,1-2H3;1H2,2-3H3;1-2H/b18-13+,25-15?;;. The number of nitrogens with zero attached hydrogens (tertiary/aromatic N) is 2. The van der Waals surface area contributed by atoms with E-state index in [9.17, 15) is 0 Å². The first-order chi connectivity index (χ1) is 15.3. The molecule has 0 amide bonds. The summed E-state index contributed by atoms with van der Waals surface area (Å²) in [5.41, 5.74) is 7.77. The van der Waals surface area contributed by atoms with Gasteiger partial charge in [-0.3, -0.25) is 9.98 Å². The minimum Gasteiger partial charge on any atom is -0.288 e. The van der Waals surface area contributed by atoms with Crippen LogP contribution in [-0.4, -0.2) is 11.2 Å². The van der Waals surface area contributed by atoms with E-state index in [2.05, 4.69) is 67.5 Å². The lowest BCUT2D eigenvalue weighted by Crippen LogP contribution is -1.91. The topological polar surface area (TPSA) is 25.2 Å². The van der Waals surface area contributed by atoms with Gasteiger partial charge in [0.05, 0.1) is 12.2 Å². The number of rotatable bonds is 5. The van der Waals surface area contributed by atoms with Crippen molar-refractivity contribution in [3.63, 3.8) is 0 Å². The van der Waals surface area contributed by atoms with Crippen molar-refractivity contribution >= 4 is 29.5 Å². The first-order valence-electron chi connectivity index (χ1n) is 10.2. The van der Waals surface area contributed by atoms with Crippen LogP contribution in [0.25, 0.3) is 11.6 Å². The quantitative estimate of drug-likeness (QED) is 0.223. The molecule has 0 saturated carbocycles. The molecular formula is C29H31ClN2. The van der Waals surface area contributed by atoms with Crippen LogP contribution >= 0.6 is 11.6 Å². The van der Waals surface area contributed by atoms with Gasteiger partial charge in [0.1, 0.15) is 0 Å². The molecule has 0 N–H and O–H groups in total. The summed E-state index contributed by atoms with van der Waals surface area (Å²) in [6.07, 6.45) is 13.8. The second-order valence-corrected chi connectivity index (χ2v) is 7.91. The molecule has 0 spiro atoms. The molecule has 2 aromatic carbocycles. The highest BCUT2D eigenvalue weighted by Gasteiger charge is 2.03. The number of hydrogen-bond acceptors (Lipinski definition) is 2. The zero-order chi connectivity index (χ0) is 23.9. The molecular weight excluding hydrogens is 412 g/mol. The van der Waals surface area contributed by atoms with E-state index in [4.69, 9.17) is 11.6 Å². The Balaban J connectivity index is 0.000000769. The molecule has 3 aromatic rings. The fourth-order valence-corrected chi connectivity index (χ4v) is 2.93. The normalized spacial score (nSPS) is 10.5. The molecule has 0 fully saturated rings. The van der Waals surface area contributed by atoms with Crippen LogP contribution in [0.5, 0.6) is 0 Å². The van der Waals surface area contributed by atoms with Crippen LogP contribution < -0.4 is 0 Å². The zero-order valence-corrected chi connectivity index (χ0v) is 20.1. The molecule has 0 saturated heterocycles. The van der Waals surface area contributed by atoms with Gasteiger partial charge < -0.3 is 0 Å². The highest BCUT2D eigenvalue weighted by Crippen LogP contribution is 2.22. The van der Waals surface area contributed by atoms with Crippen molar-refractivity contribution in [1.82, 2.24) is 4.98 Å². The van der Waals surface area contributed by atoms with Crippen molar-refractivity contribution in [2.24, 2.45) is 4.99 Å². The van der Waals surface area contributed by atoms with Gasteiger partial charge in [0.15, 0.2) is 0 Å². The Morgan fingerprint density at radius 1 is 1.03 bits per heavy atom. The average molecular weight is 443 g/mol. The predicted octanol–water partition coefficient (Wildman–Crippen LogP) is 8.05. The number of pyridine rings is 1. The predicted molar refractivity (Wildman–Crippen MR) is 142 cm³/mol. The third-order valence-electron chi connectivity index (χ3n) is 4.09. The van der Waals surface area contributed by atoms with Gasteiger partial charge in [0.2, 0.25) is 0 Å². The summed E-state index contributed by atoms with van der Waals surface area (Å²) < 4.78 is 0. The highest BCUT2D eigenvalue weighted by atomic mass is 35.5. The smallest absolute Gasteiger partial charge is 0.0658 e. The van der Waals surface area contributed by atoms with E-state index in [0.717, 1.165) is 33.0 Å². The minimum absolute atomic E-state index is 0.604. The molecule has 0 radical (unpaired) electrons. The van der Waals surface area contributed by atoms with Gasteiger partial charge in [0.25, 0.3) is 0 Å². The Morgan fingerprint density at radius 3 is 2.38 bits per heavy atom. The summed E-state index contributed by atoms with van der Waals surface area (Å²) in [6.45, 7) is 12.2. The summed E-state index contributed by atoms with van der Waals surface area (Å²) >= 11 is 6.21. The Kier molecular flexibility index (Phi) is 12.1. The van der Waals surface area contributed by atoms with E-state index in [0.29, 0.717) is 6.54 Å². The summed E-state index contributed by atoms with van der Waals surface area (Å²) in [5, 5.41) is 0.719.